The van der Waals surface area contributed by atoms with Crippen LogP contribution in [0.3, 0.4) is 0 Å². The lowest BCUT2D eigenvalue weighted by molar-refractivity contribution is -0.118. The summed E-state index contributed by atoms with van der Waals surface area (Å²) in [6.07, 6.45) is 1.69. The number of hydrogen-bond acceptors (Lipinski definition) is 4. The van der Waals surface area contributed by atoms with Gasteiger partial charge in [0, 0.05) is 18.0 Å². The maximum absolute atomic E-state index is 13.0. The Morgan fingerprint density at radius 1 is 1.18 bits per heavy atom. The lowest BCUT2D eigenvalue weighted by atomic mass is 10.3. The standard InChI is InChI=1S/C14H10F2N4O2/c15-10-5-4-9(7-11(10)16)17-13(21)8-22-14-19-18-12-3-1-2-6-20(12)14/h1-7H,8H2,(H,17,21). The van der Waals surface area contributed by atoms with Crippen LogP contribution < -0.4 is 10.1 Å². The molecule has 0 bridgehead atoms. The second-order valence-electron chi connectivity index (χ2n) is 4.38. The van der Waals surface area contributed by atoms with Gasteiger partial charge < -0.3 is 10.1 Å². The number of rotatable bonds is 4. The quantitative estimate of drug-likeness (QED) is 0.800. The highest BCUT2D eigenvalue weighted by Gasteiger charge is 2.10. The molecule has 0 fully saturated rings. The van der Waals surface area contributed by atoms with Crippen molar-refractivity contribution < 1.29 is 18.3 Å². The van der Waals surface area contributed by atoms with E-state index >= 15 is 0 Å². The molecule has 0 unspecified atom stereocenters. The van der Waals surface area contributed by atoms with Crippen LogP contribution in [0.15, 0.2) is 42.6 Å². The predicted molar refractivity (Wildman–Crippen MR) is 73.5 cm³/mol. The van der Waals surface area contributed by atoms with E-state index in [2.05, 4.69) is 15.5 Å². The fraction of sp³-hybridized carbons (Fsp3) is 0.0714. The van der Waals surface area contributed by atoms with Crippen LogP contribution in [0.25, 0.3) is 5.65 Å². The molecule has 1 aromatic carbocycles. The highest BCUT2D eigenvalue weighted by molar-refractivity contribution is 5.91. The Labute approximate surface area is 123 Å². The van der Waals surface area contributed by atoms with Crippen molar-refractivity contribution in [2.45, 2.75) is 0 Å². The number of anilines is 1. The zero-order chi connectivity index (χ0) is 15.5. The van der Waals surface area contributed by atoms with Gasteiger partial charge in [0.05, 0.1) is 0 Å². The number of nitrogens with zero attached hydrogens (tertiary/aromatic N) is 3. The molecule has 0 aliphatic heterocycles. The first-order chi connectivity index (χ1) is 10.6. The molecule has 0 aliphatic rings. The first kappa shape index (κ1) is 13.9. The van der Waals surface area contributed by atoms with E-state index in [1.807, 2.05) is 0 Å². The Morgan fingerprint density at radius 3 is 2.86 bits per heavy atom. The van der Waals surface area contributed by atoms with Crippen LogP contribution in [0, 0.1) is 11.6 Å². The molecule has 22 heavy (non-hydrogen) atoms. The molecule has 0 saturated carbocycles. The molecular formula is C14H10F2N4O2. The number of aromatic nitrogens is 3. The van der Waals surface area contributed by atoms with Crippen LogP contribution in [0.1, 0.15) is 0 Å². The van der Waals surface area contributed by atoms with Crippen molar-refractivity contribution in [3.63, 3.8) is 0 Å². The Balaban J connectivity index is 1.63. The Hall–Kier alpha value is -3.03. The summed E-state index contributed by atoms with van der Waals surface area (Å²) in [4.78, 5) is 11.7. The Morgan fingerprint density at radius 2 is 2.05 bits per heavy atom. The van der Waals surface area contributed by atoms with Crippen LogP contribution in [0.2, 0.25) is 0 Å². The van der Waals surface area contributed by atoms with Crippen molar-refractivity contribution in [2.24, 2.45) is 0 Å². The van der Waals surface area contributed by atoms with Gasteiger partial charge in [0.15, 0.2) is 23.9 Å². The summed E-state index contributed by atoms with van der Waals surface area (Å²) < 4.78 is 32.7. The third-order valence-electron chi connectivity index (χ3n) is 2.82. The maximum atomic E-state index is 13.0. The first-order valence-corrected chi connectivity index (χ1v) is 6.31. The van der Waals surface area contributed by atoms with E-state index in [4.69, 9.17) is 4.74 Å². The molecular weight excluding hydrogens is 294 g/mol. The second kappa shape index (κ2) is 5.76. The summed E-state index contributed by atoms with van der Waals surface area (Å²) in [5.74, 6) is -2.55. The van der Waals surface area contributed by atoms with E-state index in [9.17, 15) is 13.6 Å². The van der Waals surface area contributed by atoms with E-state index in [0.717, 1.165) is 12.1 Å². The summed E-state index contributed by atoms with van der Waals surface area (Å²) in [6, 6.07) is 8.53. The highest BCUT2D eigenvalue weighted by atomic mass is 19.2. The van der Waals surface area contributed by atoms with Gasteiger partial charge in [-0.25, -0.2) is 8.78 Å². The topological polar surface area (TPSA) is 68.5 Å². The molecule has 2 heterocycles. The Bertz CT molecular complexity index is 835. The summed E-state index contributed by atoms with van der Waals surface area (Å²) in [5.41, 5.74) is 0.720. The van der Waals surface area contributed by atoms with E-state index < -0.39 is 17.5 Å². The number of amides is 1. The predicted octanol–water partition coefficient (Wildman–Crippen LogP) is 2.02. The summed E-state index contributed by atoms with van der Waals surface area (Å²) in [7, 11) is 0. The molecule has 6 nitrogen and oxygen atoms in total. The third-order valence-corrected chi connectivity index (χ3v) is 2.82. The molecule has 1 amide bonds. The second-order valence-corrected chi connectivity index (χ2v) is 4.38. The van der Waals surface area contributed by atoms with Crippen LogP contribution in [0.4, 0.5) is 14.5 Å². The van der Waals surface area contributed by atoms with Gasteiger partial charge in [0.1, 0.15) is 0 Å². The summed E-state index contributed by atoms with van der Waals surface area (Å²) >= 11 is 0. The molecule has 0 spiro atoms. The van der Waals surface area contributed by atoms with Gasteiger partial charge in [-0.15, -0.1) is 5.10 Å². The number of pyridine rings is 1. The smallest absolute Gasteiger partial charge is 0.322 e. The van der Waals surface area contributed by atoms with E-state index in [-0.39, 0.29) is 18.3 Å². The number of fused-ring (bicyclic) bond motifs is 1. The maximum Gasteiger partial charge on any atom is 0.322 e. The average molecular weight is 304 g/mol. The van der Waals surface area contributed by atoms with Crippen LogP contribution in [0.5, 0.6) is 6.01 Å². The number of carbonyl (C=O) groups excluding carboxylic acids is 1. The SMILES string of the molecule is O=C(COc1nnc2ccccn12)Nc1ccc(F)c(F)c1. The third kappa shape index (κ3) is 2.85. The lowest BCUT2D eigenvalue weighted by Gasteiger charge is -2.06. The van der Waals surface area contributed by atoms with E-state index in [1.54, 1.807) is 28.8 Å². The van der Waals surface area contributed by atoms with Gasteiger partial charge in [-0.2, -0.15) is 0 Å². The van der Waals surface area contributed by atoms with Crippen molar-refractivity contribution >= 4 is 17.2 Å². The van der Waals surface area contributed by atoms with Gasteiger partial charge in [-0.1, -0.05) is 11.2 Å². The zero-order valence-electron chi connectivity index (χ0n) is 11.2. The minimum absolute atomic E-state index is 0.138. The molecule has 0 atom stereocenters. The molecule has 0 saturated heterocycles. The van der Waals surface area contributed by atoms with E-state index in [1.165, 1.54) is 6.07 Å². The molecule has 8 heteroatoms. The van der Waals surface area contributed by atoms with Crippen LogP contribution >= 0.6 is 0 Å². The van der Waals surface area contributed by atoms with Gasteiger partial charge in [-0.05, 0) is 24.3 Å². The van der Waals surface area contributed by atoms with E-state index in [0.29, 0.717) is 5.65 Å². The van der Waals surface area contributed by atoms with Gasteiger partial charge in [0.2, 0.25) is 0 Å². The molecule has 3 rings (SSSR count). The molecule has 2 aromatic heterocycles. The van der Waals surface area contributed by atoms with Crippen molar-refractivity contribution in [1.29, 1.82) is 0 Å². The van der Waals surface area contributed by atoms with Crippen molar-refractivity contribution in [3.05, 3.63) is 54.2 Å². The van der Waals surface area contributed by atoms with Gasteiger partial charge >= 0.3 is 6.01 Å². The number of hydrogen-bond donors (Lipinski definition) is 1. The first-order valence-electron chi connectivity index (χ1n) is 6.31. The minimum Gasteiger partial charge on any atom is -0.453 e. The summed E-state index contributed by atoms with van der Waals surface area (Å²) in [6.45, 7) is -0.339. The number of benzene rings is 1. The largest absolute Gasteiger partial charge is 0.453 e. The Kier molecular flexibility index (Phi) is 3.65. The zero-order valence-corrected chi connectivity index (χ0v) is 11.2. The van der Waals surface area contributed by atoms with Gasteiger partial charge in [0.25, 0.3) is 5.91 Å². The fourth-order valence-corrected chi connectivity index (χ4v) is 1.82. The van der Waals surface area contributed by atoms with Crippen molar-refractivity contribution in [2.75, 3.05) is 11.9 Å². The van der Waals surface area contributed by atoms with Gasteiger partial charge in [-0.3, -0.25) is 9.20 Å². The number of nitrogens with one attached hydrogen (secondary N) is 1. The van der Waals surface area contributed by atoms with Crippen molar-refractivity contribution in [3.8, 4) is 6.01 Å². The monoisotopic (exact) mass is 304 g/mol. The lowest BCUT2D eigenvalue weighted by Crippen LogP contribution is -2.21. The highest BCUT2D eigenvalue weighted by Crippen LogP contribution is 2.13. The molecule has 112 valence electrons. The number of halogens is 2. The molecule has 0 aliphatic carbocycles. The number of ether oxygens (including phenoxy) is 1. The molecule has 3 aromatic rings. The summed E-state index contributed by atoms with van der Waals surface area (Å²) in [5, 5.41) is 10.1. The average Bonchev–Trinajstić information content (AvgIpc) is 2.92. The fourth-order valence-electron chi connectivity index (χ4n) is 1.82. The molecule has 0 radical (unpaired) electrons. The molecule has 1 N–H and O–H groups in total. The normalized spacial score (nSPS) is 10.6. The van der Waals surface area contributed by atoms with Crippen LogP contribution in [-0.4, -0.2) is 27.1 Å². The van der Waals surface area contributed by atoms with Crippen molar-refractivity contribution in [1.82, 2.24) is 14.6 Å². The minimum atomic E-state index is -1.04. The van der Waals surface area contributed by atoms with Crippen LogP contribution in [-0.2, 0) is 4.79 Å². The number of carbonyl (C=O) groups is 1.